The van der Waals surface area contributed by atoms with Gasteiger partial charge >= 0.3 is 8.56 Å². The number of hydrogen-bond donors (Lipinski definition) is 0. The number of rotatable bonds is 8. The van der Waals surface area contributed by atoms with Crippen LogP contribution in [0.1, 0.15) is 12.0 Å². The number of aryl methyl sites for hydroxylation is 1. The first-order valence-electron chi connectivity index (χ1n) is 7.93. The van der Waals surface area contributed by atoms with Gasteiger partial charge in [0.1, 0.15) is 0 Å². The molecule has 21 heavy (non-hydrogen) atoms. The molecule has 0 atom stereocenters. The molecular weight excluding hydrogens is 308 g/mol. The first-order chi connectivity index (χ1) is 9.49. The maximum absolute atomic E-state index is 6.53. The minimum Gasteiger partial charge on any atom is -0.437 e. The van der Waals surface area contributed by atoms with Crippen molar-refractivity contribution in [3.05, 3.63) is 35.9 Å². The lowest BCUT2D eigenvalue weighted by Gasteiger charge is -2.38. The predicted octanol–water partition coefficient (Wildman–Crippen LogP) is 5.39. The van der Waals surface area contributed by atoms with Crippen LogP contribution in [0.4, 0.5) is 0 Å². The minimum atomic E-state index is -2.05. The van der Waals surface area contributed by atoms with Gasteiger partial charge in [-0.2, -0.15) is 0 Å². The van der Waals surface area contributed by atoms with Gasteiger partial charge in [-0.15, -0.1) is 0 Å². The van der Waals surface area contributed by atoms with E-state index in [-0.39, 0.29) is 0 Å². The van der Waals surface area contributed by atoms with Crippen molar-refractivity contribution in [2.75, 3.05) is 0 Å². The Bertz CT molecular complexity index is 405. The quantitative estimate of drug-likeness (QED) is 0.590. The second kappa shape index (κ2) is 7.37. The SMILES string of the molecule is C[Si](C)(C)O[Si](C)(CCCc1ccccc1)O[Si](C)(C)C. The van der Waals surface area contributed by atoms with E-state index >= 15 is 0 Å². The summed E-state index contributed by atoms with van der Waals surface area (Å²) in [7, 11) is -5.18. The fraction of sp³-hybridized carbons (Fsp3) is 0.625. The maximum Gasteiger partial charge on any atom is 0.314 e. The molecule has 0 aromatic heterocycles. The third-order valence-corrected chi connectivity index (χ3v) is 12.6. The van der Waals surface area contributed by atoms with Crippen molar-refractivity contribution in [2.24, 2.45) is 0 Å². The topological polar surface area (TPSA) is 18.5 Å². The highest BCUT2D eigenvalue weighted by atomic mass is 28.5. The molecule has 0 amide bonds. The van der Waals surface area contributed by atoms with Crippen LogP contribution < -0.4 is 0 Å². The lowest BCUT2D eigenvalue weighted by molar-refractivity contribution is 0.381. The normalized spacial score (nSPS) is 13.5. The van der Waals surface area contributed by atoms with Crippen molar-refractivity contribution in [1.29, 1.82) is 0 Å². The molecule has 0 fully saturated rings. The Hall–Kier alpha value is -0.209. The van der Waals surface area contributed by atoms with Crippen molar-refractivity contribution in [1.82, 2.24) is 0 Å². The van der Waals surface area contributed by atoms with Crippen molar-refractivity contribution >= 4 is 25.2 Å². The average Bonchev–Trinajstić information content (AvgIpc) is 2.24. The molecule has 120 valence electrons. The third-order valence-electron chi connectivity index (χ3n) is 2.98. The van der Waals surface area contributed by atoms with Crippen molar-refractivity contribution < 1.29 is 8.23 Å². The molecule has 0 unspecified atom stereocenters. The summed E-state index contributed by atoms with van der Waals surface area (Å²) >= 11 is 0. The van der Waals surface area contributed by atoms with Gasteiger partial charge in [0.15, 0.2) is 16.6 Å². The van der Waals surface area contributed by atoms with Crippen LogP contribution in [0.15, 0.2) is 30.3 Å². The highest BCUT2D eigenvalue weighted by molar-refractivity contribution is 6.87. The summed E-state index contributed by atoms with van der Waals surface area (Å²) in [6.07, 6.45) is 2.27. The smallest absolute Gasteiger partial charge is 0.314 e. The zero-order chi connectivity index (χ0) is 16.1. The molecule has 0 saturated carbocycles. The second-order valence-corrected chi connectivity index (χ2v) is 20.8. The lowest BCUT2D eigenvalue weighted by atomic mass is 10.1. The molecule has 5 heteroatoms. The van der Waals surface area contributed by atoms with E-state index < -0.39 is 25.2 Å². The average molecular weight is 341 g/mol. The first-order valence-corrected chi connectivity index (χ1v) is 17.3. The van der Waals surface area contributed by atoms with Crippen LogP contribution in [0.5, 0.6) is 0 Å². The Balaban J connectivity index is 2.64. The van der Waals surface area contributed by atoms with Gasteiger partial charge < -0.3 is 8.23 Å². The predicted molar refractivity (Wildman–Crippen MR) is 100 cm³/mol. The van der Waals surface area contributed by atoms with E-state index in [0.717, 1.165) is 18.9 Å². The Morgan fingerprint density at radius 2 is 1.24 bits per heavy atom. The molecule has 0 aliphatic carbocycles. The largest absolute Gasteiger partial charge is 0.437 e. The molecule has 0 heterocycles. The van der Waals surface area contributed by atoms with Crippen LogP contribution >= 0.6 is 0 Å². The standard InChI is InChI=1S/C16H32O2Si3/c1-19(2,3)17-21(7,18-20(4,5)6)15-11-14-16-12-9-8-10-13-16/h8-10,12-13H,11,14-15H2,1-7H3. The molecule has 0 aliphatic heterocycles. The Labute approximate surface area is 134 Å². The van der Waals surface area contributed by atoms with Gasteiger partial charge in [-0.3, -0.25) is 0 Å². The number of hydrogen-bond acceptors (Lipinski definition) is 2. The van der Waals surface area contributed by atoms with E-state index in [2.05, 4.69) is 76.2 Å². The fourth-order valence-electron chi connectivity index (χ4n) is 2.68. The Kier molecular flexibility index (Phi) is 6.61. The van der Waals surface area contributed by atoms with E-state index in [1.165, 1.54) is 5.56 Å². The molecule has 0 saturated heterocycles. The molecule has 0 spiro atoms. The molecule has 1 aromatic rings. The minimum absolute atomic E-state index is 1.09. The summed E-state index contributed by atoms with van der Waals surface area (Å²) in [5.74, 6) is 0. The van der Waals surface area contributed by atoms with E-state index in [1.54, 1.807) is 0 Å². The van der Waals surface area contributed by atoms with Crippen molar-refractivity contribution in [2.45, 2.75) is 64.7 Å². The molecule has 1 aromatic carbocycles. The molecule has 0 bridgehead atoms. The van der Waals surface area contributed by atoms with Gasteiger partial charge in [0.05, 0.1) is 0 Å². The van der Waals surface area contributed by atoms with Crippen LogP contribution in [-0.4, -0.2) is 25.2 Å². The van der Waals surface area contributed by atoms with E-state index in [0.29, 0.717) is 0 Å². The molecule has 0 radical (unpaired) electrons. The monoisotopic (exact) mass is 340 g/mol. The molecule has 2 nitrogen and oxygen atoms in total. The van der Waals surface area contributed by atoms with Crippen LogP contribution in [0.3, 0.4) is 0 Å². The van der Waals surface area contributed by atoms with E-state index in [4.69, 9.17) is 8.23 Å². The summed E-state index contributed by atoms with van der Waals surface area (Å²) in [5, 5.41) is 0. The summed E-state index contributed by atoms with van der Waals surface area (Å²) in [6.45, 7) is 15.9. The zero-order valence-electron chi connectivity index (χ0n) is 14.8. The van der Waals surface area contributed by atoms with Crippen LogP contribution in [-0.2, 0) is 14.7 Å². The first kappa shape index (κ1) is 18.8. The molecule has 0 N–H and O–H groups in total. The van der Waals surface area contributed by atoms with Gasteiger partial charge in [-0.05, 0) is 70.3 Å². The summed E-state index contributed by atoms with van der Waals surface area (Å²) < 4.78 is 13.1. The van der Waals surface area contributed by atoms with Crippen molar-refractivity contribution in [3.8, 4) is 0 Å². The van der Waals surface area contributed by atoms with Gasteiger partial charge in [-0.25, -0.2) is 0 Å². The van der Waals surface area contributed by atoms with E-state index in [9.17, 15) is 0 Å². The Morgan fingerprint density at radius 1 is 0.762 bits per heavy atom. The van der Waals surface area contributed by atoms with Crippen LogP contribution in [0, 0.1) is 0 Å². The van der Waals surface area contributed by atoms with Crippen LogP contribution in [0.25, 0.3) is 0 Å². The summed E-state index contributed by atoms with van der Waals surface area (Å²) in [4.78, 5) is 0. The molecule has 0 aliphatic rings. The van der Waals surface area contributed by atoms with Gasteiger partial charge in [-0.1, -0.05) is 30.3 Å². The van der Waals surface area contributed by atoms with Crippen LogP contribution in [0.2, 0.25) is 51.9 Å². The fourth-order valence-corrected chi connectivity index (χ4v) is 15.2. The third kappa shape index (κ3) is 8.73. The van der Waals surface area contributed by atoms with E-state index in [1.807, 2.05) is 0 Å². The second-order valence-electron chi connectivity index (χ2n) is 7.90. The highest BCUT2D eigenvalue weighted by Gasteiger charge is 2.39. The van der Waals surface area contributed by atoms with Gasteiger partial charge in [0.25, 0.3) is 0 Å². The lowest BCUT2D eigenvalue weighted by Crippen LogP contribution is -2.52. The summed E-state index contributed by atoms with van der Waals surface area (Å²) in [6, 6.07) is 11.8. The van der Waals surface area contributed by atoms with Gasteiger partial charge in [0.2, 0.25) is 0 Å². The van der Waals surface area contributed by atoms with Crippen molar-refractivity contribution in [3.63, 3.8) is 0 Å². The zero-order valence-corrected chi connectivity index (χ0v) is 17.8. The Morgan fingerprint density at radius 3 is 1.67 bits per heavy atom. The highest BCUT2D eigenvalue weighted by Crippen LogP contribution is 2.26. The van der Waals surface area contributed by atoms with Gasteiger partial charge in [0, 0.05) is 0 Å². The number of benzene rings is 1. The summed E-state index contributed by atoms with van der Waals surface area (Å²) in [5.41, 5.74) is 1.41. The molecular formula is C16H32O2Si3. The maximum atomic E-state index is 6.53. The molecule has 1 rings (SSSR count).